The zero-order chi connectivity index (χ0) is 11.9. The molecule has 1 aliphatic rings. The van der Waals surface area contributed by atoms with Crippen molar-refractivity contribution in [2.75, 3.05) is 13.2 Å². The van der Waals surface area contributed by atoms with Crippen LogP contribution in [0.1, 0.15) is 31.2 Å². The molecule has 1 N–H and O–H groups in total. The normalized spacial score (nSPS) is 20.4. The van der Waals surface area contributed by atoms with Crippen LogP contribution < -0.4 is 5.32 Å². The van der Waals surface area contributed by atoms with Crippen molar-refractivity contribution >= 4 is 11.6 Å². The van der Waals surface area contributed by atoms with E-state index in [2.05, 4.69) is 5.32 Å². The van der Waals surface area contributed by atoms with Crippen LogP contribution in [0.4, 0.5) is 0 Å². The van der Waals surface area contributed by atoms with E-state index in [1.54, 1.807) is 0 Å². The van der Waals surface area contributed by atoms with E-state index in [0.29, 0.717) is 12.6 Å². The van der Waals surface area contributed by atoms with Crippen molar-refractivity contribution in [3.05, 3.63) is 34.9 Å². The molecule has 1 aromatic carbocycles. The lowest BCUT2D eigenvalue weighted by Gasteiger charge is -2.23. The van der Waals surface area contributed by atoms with Gasteiger partial charge in [0.15, 0.2) is 0 Å². The van der Waals surface area contributed by atoms with Crippen molar-refractivity contribution in [2.24, 2.45) is 0 Å². The molecule has 1 aromatic rings. The second-order valence-corrected chi connectivity index (χ2v) is 4.99. The Labute approximate surface area is 108 Å². The van der Waals surface area contributed by atoms with Crippen LogP contribution in [0.25, 0.3) is 0 Å². The number of rotatable bonds is 5. The number of piperidine rings is 1. The summed E-state index contributed by atoms with van der Waals surface area (Å²) in [4.78, 5) is 0. The molecule has 2 rings (SSSR count). The van der Waals surface area contributed by atoms with Crippen LogP contribution in [-0.4, -0.2) is 19.2 Å². The van der Waals surface area contributed by atoms with E-state index in [-0.39, 0.29) is 0 Å². The number of benzene rings is 1. The Morgan fingerprint density at radius 3 is 2.94 bits per heavy atom. The molecule has 0 saturated carbocycles. The molecule has 0 radical (unpaired) electrons. The Bertz CT molecular complexity index is 337. The van der Waals surface area contributed by atoms with Gasteiger partial charge in [-0.15, -0.1) is 0 Å². The summed E-state index contributed by atoms with van der Waals surface area (Å²) in [7, 11) is 0. The Hall–Kier alpha value is -0.570. The van der Waals surface area contributed by atoms with Crippen molar-refractivity contribution < 1.29 is 4.74 Å². The highest BCUT2D eigenvalue weighted by Crippen LogP contribution is 2.16. The molecule has 1 heterocycles. The summed E-state index contributed by atoms with van der Waals surface area (Å²) in [6.45, 7) is 2.59. The molecule has 3 heteroatoms. The highest BCUT2D eigenvalue weighted by Gasteiger charge is 2.11. The minimum absolute atomic E-state index is 0.617. The van der Waals surface area contributed by atoms with Crippen molar-refractivity contribution in [2.45, 2.75) is 38.3 Å². The lowest BCUT2D eigenvalue weighted by Crippen LogP contribution is -2.34. The Morgan fingerprint density at radius 1 is 1.29 bits per heavy atom. The van der Waals surface area contributed by atoms with Crippen LogP contribution in [0.2, 0.25) is 5.02 Å². The first-order valence-corrected chi connectivity index (χ1v) is 6.78. The van der Waals surface area contributed by atoms with Gasteiger partial charge in [0.25, 0.3) is 0 Å². The van der Waals surface area contributed by atoms with Gasteiger partial charge in [-0.3, -0.25) is 0 Å². The van der Waals surface area contributed by atoms with Crippen LogP contribution in [0.5, 0.6) is 0 Å². The molecule has 17 heavy (non-hydrogen) atoms. The summed E-state index contributed by atoms with van der Waals surface area (Å²) in [6, 6.07) is 8.50. The van der Waals surface area contributed by atoms with E-state index >= 15 is 0 Å². The van der Waals surface area contributed by atoms with Gasteiger partial charge in [0.1, 0.15) is 0 Å². The van der Waals surface area contributed by atoms with E-state index in [4.69, 9.17) is 16.3 Å². The maximum Gasteiger partial charge on any atom is 0.0731 e. The third-order valence-corrected chi connectivity index (χ3v) is 3.61. The van der Waals surface area contributed by atoms with E-state index in [1.807, 2.05) is 24.3 Å². The minimum atomic E-state index is 0.617. The first-order valence-electron chi connectivity index (χ1n) is 6.41. The molecule has 2 nitrogen and oxygen atoms in total. The smallest absolute Gasteiger partial charge is 0.0731 e. The number of nitrogens with one attached hydrogen (secondary N) is 1. The molecule has 94 valence electrons. The van der Waals surface area contributed by atoms with Gasteiger partial charge in [-0.2, -0.15) is 0 Å². The lowest BCUT2D eigenvalue weighted by molar-refractivity contribution is 0.108. The lowest BCUT2D eigenvalue weighted by atomic mass is 10.0. The fraction of sp³-hybridized carbons (Fsp3) is 0.571. The summed E-state index contributed by atoms with van der Waals surface area (Å²) in [5.74, 6) is 0. The van der Waals surface area contributed by atoms with Crippen molar-refractivity contribution in [3.8, 4) is 0 Å². The molecule has 0 spiro atoms. The number of hydrogen-bond donors (Lipinski definition) is 1. The molecule has 1 saturated heterocycles. The average molecular weight is 254 g/mol. The highest BCUT2D eigenvalue weighted by molar-refractivity contribution is 6.31. The van der Waals surface area contributed by atoms with E-state index in [1.165, 1.54) is 19.3 Å². The van der Waals surface area contributed by atoms with Crippen LogP contribution in [-0.2, 0) is 11.3 Å². The van der Waals surface area contributed by atoms with Crippen molar-refractivity contribution in [1.82, 2.24) is 5.32 Å². The van der Waals surface area contributed by atoms with Crippen LogP contribution in [0, 0.1) is 0 Å². The molecule has 0 aliphatic carbocycles. The molecule has 0 aromatic heterocycles. The van der Waals surface area contributed by atoms with Gasteiger partial charge in [0, 0.05) is 17.7 Å². The van der Waals surface area contributed by atoms with Gasteiger partial charge in [0.05, 0.1) is 6.61 Å². The van der Waals surface area contributed by atoms with Gasteiger partial charge in [-0.05, 0) is 37.4 Å². The summed E-state index contributed by atoms with van der Waals surface area (Å²) in [5.41, 5.74) is 1.07. The van der Waals surface area contributed by atoms with Crippen molar-refractivity contribution in [1.29, 1.82) is 0 Å². The van der Waals surface area contributed by atoms with E-state index in [0.717, 1.165) is 30.2 Å². The van der Waals surface area contributed by atoms with Gasteiger partial charge in [-0.1, -0.05) is 36.2 Å². The summed E-state index contributed by atoms with van der Waals surface area (Å²) in [5, 5.41) is 4.32. The second-order valence-electron chi connectivity index (χ2n) is 4.58. The monoisotopic (exact) mass is 253 g/mol. The van der Waals surface area contributed by atoms with Gasteiger partial charge in [-0.25, -0.2) is 0 Å². The first-order chi connectivity index (χ1) is 8.36. The fourth-order valence-corrected chi connectivity index (χ4v) is 2.38. The SMILES string of the molecule is Clc1ccccc1COCC[C@@H]1CCCCN1. The van der Waals surface area contributed by atoms with Crippen LogP contribution in [0.15, 0.2) is 24.3 Å². The maximum atomic E-state index is 6.06. The molecule has 1 fully saturated rings. The molecule has 0 amide bonds. The van der Waals surface area contributed by atoms with Crippen molar-refractivity contribution in [3.63, 3.8) is 0 Å². The molecule has 1 aliphatic heterocycles. The molecular formula is C14H20ClNO. The summed E-state index contributed by atoms with van der Waals surface area (Å²) < 4.78 is 5.68. The Morgan fingerprint density at radius 2 is 2.18 bits per heavy atom. The van der Waals surface area contributed by atoms with Gasteiger partial charge < -0.3 is 10.1 Å². The molecular weight excluding hydrogens is 234 g/mol. The number of hydrogen-bond acceptors (Lipinski definition) is 2. The fourth-order valence-electron chi connectivity index (χ4n) is 2.19. The predicted molar refractivity (Wildman–Crippen MR) is 71.4 cm³/mol. The topological polar surface area (TPSA) is 21.3 Å². The Balaban J connectivity index is 1.64. The van der Waals surface area contributed by atoms with Crippen LogP contribution >= 0.6 is 11.6 Å². The number of ether oxygens (including phenoxy) is 1. The molecule has 0 unspecified atom stereocenters. The highest BCUT2D eigenvalue weighted by atomic mass is 35.5. The van der Waals surface area contributed by atoms with E-state index < -0.39 is 0 Å². The largest absolute Gasteiger partial charge is 0.377 e. The minimum Gasteiger partial charge on any atom is -0.377 e. The first kappa shape index (κ1) is 12.9. The standard InChI is InChI=1S/C14H20ClNO/c15-14-7-2-1-5-12(14)11-17-10-8-13-6-3-4-9-16-13/h1-2,5,7,13,16H,3-4,6,8-11H2/t13-/m0/s1. The second kappa shape index (κ2) is 7.00. The third-order valence-electron chi connectivity index (χ3n) is 3.24. The quantitative estimate of drug-likeness (QED) is 0.813. The molecule has 0 bridgehead atoms. The zero-order valence-electron chi connectivity index (χ0n) is 10.1. The number of halogens is 1. The summed E-state index contributed by atoms with van der Waals surface area (Å²) >= 11 is 6.06. The Kier molecular flexibility index (Phi) is 5.30. The predicted octanol–water partition coefficient (Wildman–Crippen LogP) is 3.39. The van der Waals surface area contributed by atoms with Gasteiger partial charge in [0.2, 0.25) is 0 Å². The third kappa shape index (κ3) is 4.30. The van der Waals surface area contributed by atoms with E-state index in [9.17, 15) is 0 Å². The summed E-state index contributed by atoms with van der Waals surface area (Å²) in [6.07, 6.45) is 5.05. The average Bonchev–Trinajstić information content (AvgIpc) is 2.38. The zero-order valence-corrected chi connectivity index (χ0v) is 10.9. The van der Waals surface area contributed by atoms with Crippen LogP contribution in [0.3, 0.4) is 0 Å². The molecule has 1 atom stereocenters. The maximum absolute atomic E-state index is 6.06. The van der Waals surface area contributed by atoms with Gasteiger partial charge >= 0.3 is 0 Å².